The molecule has 0 amide bonds. The first-order valence-electron chi connectivity index (χ1n) is 10.4. The summed E-state index contributed by atoms with van der Waals surface area (Å²) in [6.45, 7) is 2.15. The molecule has 0 unspecified atom stereocenters. The molecule has 1 aliphatic carbocycles. The molecule has 0 spiro atoms. The molecular weight excluding hydrogens is 364 g/mol. The van der Waals surface area contributed by atoms with Gasteiger partial charge < -0.3 is 4.74 Å². The van der Waals surface area contributed by atoms with E-state index in [-0.39, 0.29) is 11.6 Å². The van der Waals surface area contributed by atoms with Crippen molar-refractivity contribution in [1.82, 2.24) is 0 Å². The number of thioether (sulfide) groups is 1. The van der Waals surface area contributed by atoms with E-state index in [1.165, 1.54) is 46.4 Å². The van der Waals surface area contributed by atoms with Gasteiger partial charge in [0.15, 0.2) is 0 Å². The Balaban J connectivity index is 1.42. The fourth-order valence-electron chi connectivity index (χ4n) is 4.40. The van der Waals surface area contributed by atoms with Crippen LogP contribution in [0.4, 0.5) is 0 Å². The Hall–Kier alpha value is -2.00. The summed E-state index contributed by atoms with van der Waals surface area (Å²) in [4.78, 5) is 12.5. The molecule has 0 N–H and O–H groups in total. The lowest BCUT2D eigenvalue weighted by atomic mass is 9.83. The van der Waals surface area contributed by atoms with Crippen LogP contribution >= 0.6 is 11.8 Å². The van der Waals surface area contributed by atoms with Crippen LogP contribution in [0.3, 0.4) is 0 Å². The molecule has 0 radical (unpaired) electrons. The normalized spacial score (nSPS) is 16.3. The van der Waals surface area contributed by atoms with Gasteiger partial charge in [0.25, 0.3) is 0 Å². The van der Waals surface area contributed by atoms with Crippen LogP contribution in [0.25, 0.3) is 21.5 Å². The highest BCUT2D eigenvalue weighted by Crippen LogP contribution is 2.35. The summed E-state index contributed by atoms with van der Waals surface area (Å²) in [6.07, 6.45) is 6.60. The van der Waals surface area contributed by atoms with E-state index in [4.69, 9.17) is 4.74 Å². The number of hydrogen-bond acceptors (Lipinski definition) is 3. The van der Waals surface area contributed by atoms with Crippen LogP contribution in [-0.2, 0) is 15.3 Å². The van der Waals surface area contributed by atoms with Crippen LogP contribution < -0.4 is 0 Å². The fraction of sp³-hybridized carbons (Fsp3) is 0.400. The van der Waals surface area contributed by atoms with Gasteiger partial charge in [0.05, 0.1) is 5.75 Å². The third kappa shape index (κ3) is 4.20. The molecule has 3 aromatic carbocycles. The van der Waals surface area contributed by atoms with Crippen molar-refractivity contribution in [3.63, 3.8) is 0 Å². The number of ether oxygens (including phenoxy) is 1. The van der Waals surface area contributed by atoms with Gasteiger partial charge in [-0.15, -0.1) is 11.8 Å². The number of fused-ring (bicyclic) bond motifs is 2. The molecule has 0 bridgehead atoms. The number of carbonyl (C=O) groups is 1. The molecule has 0 saturated heterocycles. The quantitative estimate of drug-likeness (QED) is 0.338. The van der Waals surface area contributed by atoms with Gasteiger partial charge in [-0.05, 0) is 71.3 Å². The third-order valence-electron chi connectivity index (χ3n) is 6.05. The summed E-state index contributed by atoms with van der Waals surface area (Å²) in [6, 6.07) is 19.4. The van der Waals surface area contributed by atoms with Crippen molar-refractivity contribution in [1.29, 1.82) is 0 Å². The average molecular weight is 393 g/mol. The van der Waals surface area contributed by atoms with Crippen LogP contribution in [-0.4, -0.2) is 17.3 Å². The second-order valence-electron chi connectivity index (χ2n) is 7.90. The monoisotopic (exact) mass is 392 g/mol. The number of esters is 1. The van der Waals surface area contributed by atoms with Crippen molar-refractivity contribution in [2.45, 2.75) is 56.8 Å². The molecule has 146 valence electrons. The minimum absolute atomic E-state index is 0.0561. The molecule has 1 aliphatic rings. The average Bonchev–Trinajstić information content (AvgIpc) is 2.73. The zero-order chi connectivity index (χ0) is 19.4. The molecule has 0 heterocycles. The van der Waals surface area contributed by atoms with Crippen LogP contribution in [0.2, 0.25) is 0 Å². The minimum atomic E-state index is -0.200. The van der Waals surface area contributed by atoms with E-state index >= 15 is 0 Å². The molecule has 28 heavy (non-hydrogen) atoms. The maximum atomic E-state index is 12.5. The lowest BCUT2D eigenvalue weighted by Gasteiger charge is -2.36. The van der Waals surface area contributed by atoms with Gasteiger partial charge in [0, 0.05) is 5.75 Å². The maximum Gasteiger partial charge on any atom is 0.316 e. The molecule has 4 rings (SSSR count). The Kier molecular flexibility index (Phi) is 5.91. The highest BCUT2D eigenvalue weighted by Gasteiger charge is 2.33. The number of carbonyl (C=O) groups excluding carboxylic acids is 1. The standard InChI is InChI=1S/C25H28O2S/c1-2-25(13-6-3-7-14-25)27-24(26)18-28-17-22-12-8-11-21-15-19-9-4-5-10-20(19)16-23(21)22/h4-5,8-12,15-16H,2-3,6-7,13-14,17-18H2,1H3. The van der Waals surface area contributed by atoms with E-state index in [0.717, 1.165) is 25.0 Å². The van der Waals surface area contributed by atoms with E-state index in [9.17, 15) is 4.79 Å². The van der Waals surface area contributed by atoms with E-state index < -0.39 is 0 Å². The van der Waals surface area contributed by atoms with Crippen molar-refractivity contribution < 1.29 is 9.53 Å². The molecule has 3 aromatic rings. The predicted molar refractivity (Wildman–Crippen MR) is 120 cm³/mol. The van der Waals surface area contributed by atoms with Gasteiger partial charge in [-0.1, -0.05) is 55.8 Å². The van der Waals surface area contributed by atoms with Gasteiger partial charge in [0.1, 0.15) is 5.60 Å². The lowest BCUT2D eigenvalue weighted by Crippen LogP contribution is -2.37. The molecule has 1 saturated carbocycles. The molecule has 0 aromatic heterocycles. The second kappa shape index (κ2) is 8.57. The third-order valence-corrected chi connectivity index (χ3v) is 7.01. The van der Waals surface area contributed by atoms with Gasteiger partial charge in [-0.3, -0.25) is 4.79 Å². The van der Waals surface area contributed by atoms with Crippen LogP contribution in [0, 0.1) is 0 Å². The van der Waals surface area contributed by atoms with E-state index in [1.807, 2.05) is 0 Å². The summed E-state index contributed by atoms with van der Waals surface area (Å²) in [5.74, 6) is 1.19. The van der Waals surface area contributed by atoms with Crippen molar-refractivity contribution in [3.8, 4) is 0 Å². The smallest absolute Gasteiger partial charge is 0.316 e. The molecular formula is C25H28O2S. The highest BCUT2D eigenvalue weighted by molar-refractivity contribution is 7.99. The summed E-state index contributed by atoms with van der Waals surface area (Å²) >= 11 is 1.66. The minimum Gasteiger partial charge on any atom is -0.458 e. The number of hydrogen-bond donors (Lipinski definition) is 0. The maximum absolute atomic E-state index is 12.5. The zero-order valence-electron chi connectivity index (χ0n) is 16.6. The summed E-state index contributed by atoms with van der Waals surface area (Å²) in [5, 5.41) is 5.06. The molecule has 0 aliphatic heterocycles. The van der Waals surface area contributed by atoms with Crippen LogP contribution in [0.15, 0.2) is 54.6 Å². The first-order chi connectivity index (χ1) is 13.7. The SMILES string of the molecule is CCC1(OC(=O)CSCc2cccc3cc4ccccc4cc23)CCCCC1. The summed E-state index contributed by atoms with van der Waals surface area (Å²) < 4.78 is 5.95. The first kappa shape index (κ1) is 19.3. The Morgan fingerprint density at radius 3 is 2.43 bits per heavy atom. The van der Waals surface area contributed by atoms with E-state index in [1.54, 1.807) is 11.8 Å². The Morgan fingerprint density at radius 2 is 1.68 bits per heavy atom. The topological polar surface area (TPSA) is 26.3 Å². The van der Waals surface area contributed by atoms with Crippen molar-refractivity contribution >= 4 is 39.3 Å². The molecule has 1 fully saturated rings. The highest BCUT2D eigenvalue weighted by atomic mass is 32.2. The number of benzene rings is 3. The van der Waals surface area contributed by atoms with E-state index in [0.29, 0.717) is 5.75 Å². The molecule has 2 nitrogen and oxygen atoms in total. The van der Waals surface area contributed by atoms with Crippen molar-refractivity contribution in [3.05, 3.63) is 60.2 Å². The first-order valence-corrected chi connectivity index (χ1v) is 11.5. The lowest BCUT2D eigenvalue weighted by molar-refractivity contribution is -0.160. The second-order valence-corrected chi connectivity index (χ2v) is 8.89. The molecule has 3 heteroatoms. The Bertz CT molecular complexity index is 973. The van der Waals surface area contributed by atoms with E-state index in [2.05, 4.69) is 61.5 Å². The summed E-state index contributed by atoms with van der Waals surface area (Å²) in [7, 11) is 0. The number of rotatable bonds is 6. The van der Waals surface area contributed by atoms with Gasteiger partial charge in [-0.25, -0.2) is 0 Å². The summed E-state index contributed by atoms with van der Waals surface area (Å²) in [5.41, 5.74) is 1.08. The van der Waals surface area contributed by atoms with Crippen molar-refractivity contribution in [2.24, 2.45) is 0 Å². The zero-order valence-corrected chi connectivity index (χ0v) is 17.4. The van der Waals surface area contributed by atoms with Crippen molar-refractivity contribution in [2.75, 3.05) is 5.75 Å². The molecule has 0 atom stereocenters. The Labute approximate surface area is 171 Å². The largest absolute Gasteiger partial charge is 0.458 e. The van der Waals surface area contributed by atoms with Gasteiger partial charge in [-0.2, -0.15) is 0 Å². The van der Waals surface area contributed by atoms with Gasteiger partial charge in [0.2, 0.25) is 0 Å². The Morgan fingerprint density at radius 1 is 0.964 bits per heavy atom. The fourth-order valence-corrected chi connectivity index (χ4v) is 5.20. The van der Waals surface area contributed by atoms with Crippen LogP contribution in [0.1, 0.15) is 51.0 Å². The van der Waals surface area contributed by atoms with Crippen LogP contribution in [0.5, 0.6) is 0 Å². The van der Waals surface area contributed by atoms with Gasteiger partial charge >= 0.3 is 5.97 Å². The predicted octanol–water partition coefficient (Wildman–Crippen LogP) is 6.88.